The molecule has 2 aliphatic rings. The fraction of sp³-hybridized carbons (Fsp3) is 0.455. The van der Waals surface area contributed by atoms with E-state index in [4.69, 9.17) is 9.47 Å². The Bertz CT molecular complexity index is 908. The van der Waals surface area contributed by atoms with Crippen molar-refractivity contribution >= 4 is 28.2 Å². The van der Waals surface area contributed by atoms with Gasteiger partial charge >= 0.3 is 0 Å². The van der Waals surface area contributed by atoms with Crippen LogP contribution in [-0.2, 0) is 17.6 Å². The zero-order valence-corrected chi connectivity index (χ0v) is 17.4. The number of hydrogen-bond acceptors (Lipinski definition) is 5. The Morgan fingerprint density at radius 1 is 1.17 bits per heavy atom. The number of thiophene rings is 1. The fourth-order valence-corrected chi connectivity index (χ4v) is 4.99. The molecule has 2 aromatic rings. The lowest BCUT2D eigenvalue weighted by atomic mass is 9.95. The molecule has 0 unspecified atom stereocenters. The second-order valence-corrected chi connectivity index (χ2v) is 8.48. The van der Waals surface area contributed by atoms with Gasteiger partial charge in [-0.1, -0.05) is 25.5 Å². The number of unbranched alkanes of at least 4 members (excludes halogenated alkanes) is 1. The van der Waals surface area contributed by atoms with Crippen molar-refractivity contribution in [1.29, 1.82) is 0 Å². The molecule has 2 amide bonds. The van der Waals surface area contributed by atoms with Gasteiger partial charge in [0.25, 0.3) is 11.8 Å². The average molecular weight is 415 g/mol. The Hall–Kier alpha value is -2.54. The van der Waals surface area contributed by atoms with Gasteiger partial charge in [-0.25, -0.2) is 0 Å². The molecule has 1 aromatic carbocycles. The van der Waals surface area contributed by atoms with Gasteiger partial charge in [0, 0.05) is 11.4 Å². The summed E-state index contributed by atoms with van der Waals surface area (Å²) in [6.45, 7) is 2.88. The normalized spacial score (nSPS) is 17.3. The molecule has 29 heavy (non-hydrogen) atoms. The lowest BCUT2D eigenvalue weighted by Crippen LogP contribution is -2.40. The van der Waals surface area contributed by atoms with Crippen LogP contribution in [0.2, 0.25) is 0 Å². The fourth-order valence-electron chi connectivity index (χ4n) is 3.70. The lowest BCUT2D eigenvalue weighted by molar-refractivity contribution is -0.125. The van der Waals surface area contributed by atoms with Gasteiger partial charge in [-0.2, -0.15) is 0 Å². The van der Waals surface area contributed by atoms with E-state index in [1.807, 2.05) is 18.2 Å². The van der Waals surface area contributed by atoms with Gasteiger partial charge in [-0.15, -0.1) is 11.3 Å². The van der Waals surface area contributed by atoms with Gasteiger partial charge in [0.05, 0.1) is 5.56 Å². The lowest BCUT2D eigenvalue weighted by Gasteiger charge is -2.25. The summed E-state index contributed by atoms with van der Waals surface area (Å²) >= 11 is 1.52. The number of amides is 2. The molecule has 154 valence electrons. The SMILES string of the molecule is CCCCNC(=O)c1c(NC(=O)[C@@H]2COc3ccccc3O2)sc2c1CCCC2. The van der Waals surface area contributed by atoms with Gasteiger partial charge < -0.3 is 20.1 Å². The number of ether oxygens (including phenoxy) is 2. The van der Waals surface area contributed by atoms with Crippen LogP contribution in [0.1, 0.15) is 53.4 Å². The van der Waals surface area contributed by atoms with E-state index in [-0.39, 0.29) is 18.4 Å². The van der Waals surface area contributed by atoms with Crippen molar-refractivity contribution in [3.63, 3.8) is 0 Å². The van der Waals surface area contributed by atoms with Crippen LogP contribution >= 0.6 is 11.3 Å². The maximum Gasteiger partial charge on any atom is 0.269 e. The number of rotatable bonds is 6. The molecule has 1 aromatic heterocycles. The highest BCUT2D eigenvalue weighted by molar-refractivity contribution is 7.17. The topological polar surface area (TPSA) is 76.7 Å². The van der Waals surface area contributed by atoms with Crippen LogP contribution < -0.4 is 20.1 Å². The molecule has 0 fully saturated rings. The van der Waals surface area contributed by atoms with Crippen LogP contribution in [0.25, 0.3) is 0 Å². The largest absolute Gasteiger partial charge is 0.485 e. The van der Waals surface area contributed by atoms with Crippen LogP contribution in [0.15, 0.2) is 24.3 Å². The summed E-state index contributed by atoms with van der Waals surface area (Å²) in [5, 5.41) is 6.58. The second kappa shape index (κ2) is 8.86. The zero-order chi connectivity index (χ0) is 20.2. The summed E-state index contributed by atoms with van der Waals surface area (Å²) < 4.78 is 11.5. The number of benzene rings is 1. The molecule has 0 bridgehead atoms. The van der Waals surface area contributed by atoms with E-state index in [1.54, 1.807) is 6.07 Å². The molecule has 2 heterocycles. The van der Waals surface area contributed by atoms with Gasteiger partial charge in [-0.3, -0.25) is 9.59 Å². The van der Waals surface area contributed by atoms with Crippen LogP contribution in [0.5, 0.6) is 11.5 Å². The third-order valence-electron chi connectivity index (χ3n) is 5.25. The number of anilines is 1. The summed E-state index contributed by atoms with van der Waals surface area (Å²) in [6, 6.07) is 7.30. The third kappa shape index (κ3) is 4.24. The van der Waals surface area contributed by atoms with E-state index in [9.17, 15) is 9.59 Å². The molecule has 0 saturated heterocycles. The highest BCUT2D eigenvalue weighted by Crippen LogP contribution is 2.38. The molecular weight excluding hydrogens is 388 g/mol. The minimum atomic E-state index is -0.750. The third-order valence-corrected chi connectivity index (χ3v) is 6.46. The summed E-state index contributed by atoms with van der Waals surface area (Å²) in [5.74, 6) is 0.807. The predicted molar refractivity (Wildman–Crippen MR) is 113 cm³/mol. The van der Waals surface area contributed by atoms with E-state index < -0.39 is 6.10 Å². The van der Waals surface area contributed by atoms with Gasteiger partial charge in [0.2, 0.25) is 6.10 Å². The monoisotopic (exact) mass is 414 g/mol. The standard InChI is InChI=1S/C22H26N2O4S/c1-2-3-12-23-21(26)19-14-8-4-7-11-18(14)29-22(19)24-20(25)17-13-27-15-9-5-6-10-16(15)28-17/h5-6,9-10,17H,2-4,7-8,11-13H2,1H3,(H,23,26)(H,24,25)/t17-/m0/s1. The van der Waals surface area contributed by atoms with Crippen molar-refractivity contribution in [3.05, 3.63) is 40.3 Å². The number of aryl methyl sites for hydroxylation is 1. The Morgan fingerprint density at radius 3 is 2.79 bits per heavy atom. The number of carbonyl (C=O) groups is 2. The molecule has 1 aliphatic carbocycles. The van der Waals surface area contributed by atoms with Crippen LogP contribution in [0, 0.1) is 0 Å². The molecule has 2 N–H and O–H groups in total. The minimum absolute atomic E-state index is 0.0979. The van der Waals surface area contributed by atoms with E-state index in [2.05, 4.69) is 17.6 Å². The highest BCUT2D eigenvalue weighted by Gasteiger charge is 2.31. The first kappa shape index (κ1) is 19.8. The van der Waals surface area contributed by atoms with Crippen LogP contribution in [0.3, 0.4) is 0 Å². The molecular formula is C22H26N2O4S. The van der Waals surface area contributed by atoms with E-state index in [0.717, 1.165) is 44.1 Å². The summed E-state index contributed by atoms with van der Waals surface area (Å²) in [6.07, 6.45) is 5.24. The zero-order valence-electron chi connectivity index (χ0n) is 16.6. The smallest absolute Gasteiger partial charge is 0.269 e. The van der Waals surface area contributed by atoms with E-state index in [0.29, 0.717) is 28.6 Å². The minimum Gasteiger partial charge on any atom is -0.485 e. The molecule has 4 rings (SSSR count). The molecule has 0 saturated carbocycles. The number of hydrogen-bond donors (Lipinski definition) is 2. The van der Waals surface area contributed by atoms with Crippen LogP contribution in [-0.4, -0.2) is 31.1 Å². The van der Waals surface area contributed by atoms with E-state index >= 15 is 0 Å². The molecule has 0 radical (unpaired) electrons. The first-order chi connectivity index (χ1) is 14.2. The first-order valence-corrected chi connectivity index (χ1v) is 11.1. The Labute approximate surface area is 174 Å². The quantitative estimate of drug-likeness (QED) is 0.702. The Morgan fingerprint density at radius 2 is 1.97 bits per heavy atom. The number of fused-ring (bicyclic) bond motifs is 2. The van der Waals surface area contributed by atoms with Crippen molar-refractivity contribution in [3.8, 4) is 11.5 Å². The van der Waals surface area contributed by atoms with Gasteiger partial charge in [-0.05, 0) is 49.8 Å². The van der Waals surface area contributed by atoms with Crippen molar-refractivity contribution < 1.29 is 19.1 Å². The maximum atomic E-state index is 12.9. The molecule has 0 spiro atoms. The second-order valence-electron chi connectivity index (χ2n) is 7.38. The number of carbonyl (C=O) groups excluding carboxylic acids is 2. The summed E-state index contributed by atoms with van der Waals surface area (Å²) in [7, 11) is 0. The highest BCUT2D eigenvalue weighted by atomic mass is 32.1. The number of nitrogens with one attached hydrogen (secondary N) is 2. The van der Waals surface area contributed by atoms with Crippen molar-refractivity contribution in [2.75, 3.05) is 18.5 Å². The summed E-state index contributed by atoms with van der Waals surface area (Å²) in [4.78, 5) is 27.0. The van der Waals surface area contributed by atoms with Gasteiger partial charge in [0.15, 0.2) is 11.5 Å². The Balaban J connectivity index is 1.52. The maximum absolute atomic E-state index is 12.9. The van der Waals surface area contributed by atoms with E-state index in [1.165, 1.54) is 16.2 Å². The Kier molecular flexibility index (Phi) is 6.04. The molecule has 1 aliphatic heterocycles. The summed E-state index contributed by atoms with van der Waals surface area (Å²) in [5.41, 5.74) is 1.72. The number of para-hydroxylation sites is 2. The van der Waals surface area contributed by atoms with Crippen molar-refractivity contribution in [2.24, 2.45) is 0 Å². The average Bonchev–Trinajstić information content (AvgIpc) is 3.11. The first-order valence-electron chi connectivity index (χ1n) is 10.3. The van der Waals surface area contributed by atoms with Gasteiger partial charge in [0.1, 0.15) is 11.6 Å². The molecule has 7 heteroatoms. The van der Waals surface area contributed by atoms with Crippen LogP contribution in [0.4, 0.5) is 5.00 Å². The molecule has 1 atom stereocenters. The van der Waals surface area contributed by atoms with Crippen molar-refractivity contribution in [1.82, 2.24) is 5.32 Å². The van der Waals surface area contributed by atoms with Crippen molar-refractivity contribution in [2.45, 2.75) is 51.6 Å². The predicted octanol–water partition coefficient (Wildman–Crippen LogP) is 3.94. The molecule has 6 nitrogen and oxygen atoms in total.